The first-order valence-electron chi connectivity index (χ1n) is 9.63. The van der Waals surface area contributed by atoms with Gasteiger partial charge in [0.15, 0.2) is 0 Å². The van der Waals surface area contributed by atoms with E-state index in [1.54, 1.807) is 0 Å². The molecule has 4 fully saturated rings. The summed E-state index contributed by atoms with van der Waals surface area (Å²) in [5.74, 6) is 2.10. The van der Waals surface area contributed by atoms with Crippen molar-refractivity contribution in [2.45, 2.75) is 69.7 Å². The Morgan fingerprint density at radius 3 is 2.12 bits per heavy atom. The SMILES string of the molecule is O=C(OCCCCCCN([O-])SC(F)(F)F)C12CC3CC(CC(C3)C1)C2. The maximum absolute atomic E-state index is 12.6. The number of ether oxygens (including phenoxy) is 1. The Kier molecular flexibility index (Phi) is 6.45. The molecule has 0 aromatic heterocycles. The summed E-state index contributed by atoms with van der Waals surface area (Å²) in [6.45, 7) is 0.232. The number of carbonyl (C=O) groups excluding carboxylic acids is 1. The lowest BCUT2D eigenvalue weighted by Gasteiger charge is -2.55. The Labute approximate surface area is 156 Å². The molecule has 26 heavy (non-hydrogen) atoms. The zero-order valence-corrected chi connectivity index (χ0v) is 15.7. The van der Waals surface area contributed by atoms with Gasteiger partial charge in [-0.15, -0.1) is 0 Å². The highest BCUT2D eigenvalue weighted by atomic mass is 32.2. The molecule has 0 spiro atoms. The highest BCUT2D eigenvalue weighted by molar-refractivity contribution is 7.97. The van der Waals surface area contributed by atoms with Crippen LogP contribution in [-0.2, 0) is 9.53 Å². The number of hydrogen-bond donors (Lipinski definition) is 0. The molecule has 0 aromatic carbocycles. The summed E-state index contributed by atoms with van der Waals surface area (Å²) in [7, 11) is 0. The molecule has 0 amide bonds. The number of halogens is 3. The van der Waals surface area contributed by atoms with Gasteiger partial charge < -0.3 is 14.4 Å². The summed E-state index contributed by atoms with van der Waals surface area (Å²) in [4.78, 5) is 12.6. The van der Waals surface area contributed by atoms with Crippen molar-refractivity contribution in [2.75, 3.05) is 13.2 Å². The van der Waals surface area contributed by atoms with E-state index in [1.807, 2.05) is 0 Å². The second-order valence-corrected chi connectivity index (χ2v) is 9.39. The van der Waals surface area contributed by atoms with E-state index in [2.05, 4.69) is 0 Å². The Balaban J connectivity index is 1.27. The standard InChI is InChI=1S/C18H27F3NO3S/c19-18(20,21)26-22(24)5-3-1-2-4-6-25-16(23)17-10-13-7-14(11-17)9-15(8-13)12-17/h13-15H,1-12H2/q-1. The second kappa shape index (κ2) is 8.27. The number of rotatable bonds is 9. The first-order valence-corrected chi connectivity index (χ1v) is 10.4. The Bertz CT molecular complexity index is 465. The number of carbonyl (C=O) groups is 1. The van der Waals surface area contributed by atoms with Gasteiger partial charge in [-0.25, -0.2) is 0 Å². The minimum absolute atomic E-state index is 0.0208. The van der Waals surface area contributed by atoms with Crippen molar-refractivity contribution in [3.8, 4) is 0 Å². The lowest BCUT2D eigenvalue weighted by atomic mass is 9.49. The lowest BCUT2D eigenvalue weighted by Crippen LogP contribution is -2.50. The van der Waals surface area contributed by atoms with Gasteiger partial charge in [-0.1, -0.05) is 12.8 Å². The summed E-state index contributed by atoms with van der Waals surface area (Å²) < 4.78 is 41.5. The van der Waals surface area contributed by atoms with Crippen LogP contribution >= 0.6 is 11.9 Å². The van der Waals surface area contributed by atoms with Crippen molar-refractivity contribution in [2.24, 2.45) is 23.2 Å². The first kappa shape index (κ1) is 20.3. The zero-order valence-electron chi connectivity index (χ0n) is 14.9. The number of hydrogen-bond acceptors (Lipinski definition) is 5. The van der Waals surface area contributed by atoms with Crippen LogP contribution in [0.3, 0.4) is 0 Å². The predicted molar refractivity (Wildman–Crippen MR) is 93.8 cm³/mol. The molecule has 0 aromatic rings. The van der Waals surface area contributed by atoms with Crippen molar-refractivity contribution in [1.82, 2.24) is 4.47 Å². The molecular formula is C18H27F3NO3S-. The Morgan fingerprint density at radius 1 is 1.04 bits per heavy atom. The van der Waals surface area contributed by atoms with Gasteiger partial charge in [-0.05, 0) is 75.7 Å². The molecule has 4 aliphatic rings. The number of hydroxylamine groups is 1. The Morgan fingerprint density at radius 2 is 1.58 bits per heavy atom. The molecule has 150 valence electrons. The van der Waals surface area contributed by atoms with E-state index in [1.165, 1.54) is 19.3 Å². The van der Waals surface area contributed by atoms with Crippen LogP contribution in [0.2, 0.25) is 0 Å². The van der Waals surface area contributed by atoms with Gasteiger partial charge in [-0.3, -0.25) is 4.79 Å². The maximum atomic E-state index is 12.6. The third-order valence-electron chi connectivity index (χ3n) is 6.14. The first-order chi connectivity index (χ1) is 12.3. The molecule has 0 radical (unpaired) electrons. The summed E-state index contributed by atoms with van der Waals surface area (Å²) in [5.41, 5.74) is -4.75. The van der Waals surface area contributed by atoms with Gasteiger partial charge in [0.1, 0.15) is 0 Å². The fourth-order valence-electron chi connectivity index (χ4n) is 5.54. The molecule has 0 atom stereocenters. The van der Waals surface area contributed by atoms with Crippen LogP contribution in [-0.4, -0.2) is 29.1 Å². The molecule has 4 rings (SSSR count). The van der Waals surface area contributed by atoms with E-state index in [9.17, 15) is 23.2 Å². The van der Waals surface area contributed by atoms with Gasteiger partial charge in [0.2, 0.25) is 0 Å². The molecule has 4 nitrogen and oxygen atoms in total. The average molecular weight is 394 g/mol. The van der Waals surface area contributed by atoms with Crippen molar-refractivity contribution in [3.63, 3.8) is 0 Å². The van der Waals surface area contributed by atoms with Crippen LogP contribution in [0.1, 0.15) is 64.2 Å². The smallest absolute Gasteiger partial charge is 0.455 e. The topological polar surface area (TPSA) is 52.6 Å². The van der Waals surface area contributed by atoms with Gasteiger partial charge >= 0.3 is 11.5 Å². The molecule has 4 aliphatic carbocycles. The largest absolute Gasteiger partial charge is 0.775 e. The summed E-state index contributed by atoms with van der Waals surface area (Å²) >= 11 is -0.636. The van der Waals surface area contributed by atoms with Gasteiger partial charge in [0, 0.05) is 11.9 Å². The third-order valence-corrected chi connectivity index (χ3v) is 6.74. The molecule has 0 heterocycles. The van der Waals surface area contributed by atoms with Crippen molar-refractivity contribution < 1.29 is 22.7 Å². The number of esters is 1. The van der Waals surface area contributed by atoms with Crippen molar-refractivity contribution >= 4 is 17.9 Å². The number of nitrogens with zero attached hydrogens (tertiary/aromatic N) is 1. The molecule has 4 saturated carbocycles. The van der Waals surface area contributed by atoms with Crippen LogP contribution in [0.25, 0.3) is 0 Å². The number of unbranched alkanes of at least 4 members (excludes halogenated alkanes) is 3. The minimum Gasteiger partial charge on any atom is -0.775 e. The van der Waals surface area contributed by atoms with E-state index in [0.29, 0.717) is 43.6 Å². The van der Waals surface area contributed by atoms with E-state index in [0.717, 1.165) is 25.7 Å². The van der Waals surface area contributed by atoms with Crippen LogP contribution in [0.5, 0.6) is 0 Å². The fourth-order valence-corrected chi connectivity index (χ4v) is 5.99. The van der Waals surface area contributed by atoms with Crippen LogP contribution in [0, 0.1) is 28.4 Å². The summed E-state index contributed by atoms with van der Waals surface area (Å²) in [6, 6.07) is 0. The lowest BCUT2D eigenvalue weighted by molar-refractivity contribution is -0.171. The molecular weight excluding hydrogens is 367 g/mol. The highest BCUT2D eigenvalue weighted by Crippen LogP contribution is 2.60. The average Bonchev–Trinajstić information content (AvgIpc) is 2.50. The maximum Gasteiger partial charge on any atom is 0.455 e. The van der Waals surface area contributed by atoms with E-state index < -0.39 is 17.5 Å². The highest BCUT2D eigenvalue weighted by Gasteiger charge is 2.55. The Hall–Kier alpha value is -0.470. The molecule has 0 N–H and O–H groups in total. The molecule has 8 heteroatoms. The third kappa shape index (κ3) is 5.29. The quantitative estimate of drug-likeness (QED) is 0.231. The fraction of sp³-hybridized carbons (Fsp3) is 0.944. The second-order valence-electron chi connectivity index (χ2n) is 8.34. The summed E-state index contributed by atoms with van der Waals surface area (Å²) in [6.07, 6.45) is 9.36. The van der Waals surface area contributed by atoms with E-state index >= 15 is 0 Å². The molecule has 0 unspecified atom stereocenters. The normalized spacial score (nSPS) is 33.0. The summed E-state index contributed by atoms with van der Waals surface area (Å²) in [5, 5.41) is 11.0. The molecule has 0 saturated heterocycles. The van der Waals surface area contributed by atoms with Gasteiger partial charge in [0.25, 0.3) is 0 Å². The predicted octanol–water partition coefficient (Wildman–Crippen LogP) is 5.27. The van der Waals surface area contributed by atoms with Gasteiger partial charge in [0.05, 0.1) is 12.0 Å². The van der Waals surface area contributed by atoms with Crippen LogP contribution in [0.4, 0.5) is 13.2 Å². The van der Waals surface area contributed by atoms with E-state index in [4.69, 9.17) is 4.74 Å². The number of alkyl halides is 3. The molecule has 0 aliphatic heterocycles. The van der Waals surface area contributed by atoms with Crippen molar-refractivity contribution in [3.05, 3.63) is 5.21 Å². The van der Waals surface area contributed by atoms with E-state index in [-0.39, 0.29) is 22.4 Å². The van der Waals surface area contributed by atoms with Crippen LogP contribution < -0.4 is 0 Å². The molecule has 4 bridgehead atoms. The minimum atomic E-state index is -4.52. The van der Waals surface area contributed by atoms with Crippen molar-refractivity contribution in [1.29, 1.82) is 0 Å². The van der Waals surface area contributed by atoms with Crippen LogP contribution in [0.15, 0.2) is 0 Å². The van der Waals surface area contributed by atoms with Gasteiger partial charge in [-0.2, -0.15) is 13.2 Å². The monoisotopic (exact) mass is 394 g/mol. The zero-order chi connectivity index (χ0) is 18.8.